The first-order valence-electron chi connectivity index (χ1n) is 17.7. The molecule has 2 unspecified atom stereocenters. The number of nitrogens with zero attached hydrogens (tertiary/aromatic N) is 6. The van der Waals surface area contributed by atoms with Gasteiger partial charge in [0.25, 0.3) is 5.91 Å². The van der Waals surface area contributed by atoms with Gasteiger partial charge in [-0.05, 0) is 68.8 Å². The quantitative estimate of drug-likeness (QED) is 0.161. The summed E-state index contributed by atoms with van der Waals surface area (Å²) in [6.07, 6.45) is -3.19. The number of nitriles is 1. The molecule has 4 heterocycles. The molecule has 6 rings (SSSR count). The Morgan fingerprint density at radius 1 is 1.05 bits per heavy atom. The lowest BCUT2D eigenvalue weighted by Crippen LogP contribution is -2.49. The molecule has 0 bridgehead atoms. The highest BCUT2D eigenvalue weighted by molar-refractivity contribution is 7.81. The van der Waals surface area contributed by atoms with E-state index in [0.717, 1.165) is 30.3 Å². The van der Waals surface area contributed by atoms with Crippen molar-refractivity contribution < 1.29 is 37.1 Å². The number of ether oxygens (including phenoxy) is 1. The van der Waals surface area contributed by atoms with Crippen molar-refractivity contribution in [3.8, 4) is 11.8 Å². The van der Waals surface area contributed by atoms with Gasteiger partial charge in [-0.15, -0.1) is 12.6 Å². The molecular weight excluding hydrogens is 775 g/mol. The number of piperidine rings is 1. The summed E-state index contributed by atoms with van der Waals surface area (Å²) in [5.74, 6) is -0.832. The molecule has 56 heavy (non-hydrogen) atoms. The SMILES string of the molecule is CC1(C)C(=O)N(c2cnc(C#N)c(C(F)(F)F)c2)C(S)N1c1ccc(OCCN2CCN(CC(=O)Nc3cc(Cl)cc(NC4CCC(=O)NC4=O)c3)CC2)cc1. The van der Waals surface area contributed by atoms with Crippen LogP contribution < -0.4 is 30.5 Å². The van der Waals surface area contributed by atoms with Crippen LogP contribution in [0.2, 0.25) is 5.02 Å². The first kappa shape index (κ1) is 40.6. The summed E-state index contributed by atoms with van der Waals surface area (Å²) in [6.45, 7) is 7.32. The zero-order chi connectivity index (χ0) is 40.4. The molecule has 14 nitrogen and oxygen atoms in total. The molecule has 3 aliphatic heterocycles. The summed E-state index contributed by atoms with van der Waals surface area (Å²) in [5, 5.41) is 17.8. The minimum Gasteiger partial charge on any atom is -0.492 e. The van der Waals surface area contributed by atoms with Gasteiger partial charge in [0.2, 0.25) is 17.7 Å². The molecule has 0 saturated carbocycles. The smallest absolute Gasteiger partial charge is 0.419 e. The number of carbonyl (C=O) groups excluding carboxylic acids is 4. The number of alkyl halides is 3. The molecule has 3 N–H and O–H groups in total. The molecule has 0 spiro atoms. The third kappa shape index (κ3) is 9.13. The number of imide groups is 1. The molecule has 19 heteroatoms. The van der Waals surface area contributed by atoms with E-state index in [2.05, 4.69) is 38.5 Å². The van der Waals surface area contributed by atoms with Gasteiger partial charge in [-0.1, -0.05) is 11.6 Å². The highest BCUT2D eigenvalue weighted by Crippen LogP contribution is 2.42. The summed E-state index contributed by atoms with van der Waals surface area (Å²) in [6, 6.07) is 13.5. The number of amides is 4. The van der Waals surface area contributed by atoms with E-state index in [4.69, 9.17) is 21.6 Å². The van der Waals surface area contributed by atoms with E-state index in [9.17, 15) is 32.3 Å². The lowest BCUT2D eigenvalue weighted by Gasteiger charge is -2.34. The highest BCUT2D eigenvalue weighted by atomic mass is 35.5. The lowest BCUT2D eigenvalue weighted by atomic mass is 10.0. The van der Waals surface area contributed by atoms with Crippen LogP contribution in [0.3, 0.4) is 0 Å². The molecule has 2 aromatic carbocycles. The van der Waals surface area contributed by atoms with Crippen molar-refractivity contribution in [2.75, 3.05) is 66.3 Å². The van der Waals surface area contributed by atoms with Crippen LogP contribution in [0.4, 0.5) is 35.9 Å². The third-order valence-corrected chi connectivity index (χ3v) is 10.4. The number of thiol groups is 1. The second-order valence-electron chi connectivity index (χ2n) is 14.0. The number of carbonyl (C=O) groups is 4. The van der Waals surface area contributed by atoms with Crippen LogP contribution in [0.15, 0.2) is 54.7 Å². The Bertz CT molecular complexity index is 2040. The predicted octanol–water partition coefficient (Wildman–Crippen LogP) is 4.32. The van der Waals surface area contributed by atoms with Gasteiger partial charge >= 0.3 is 6.18 Å². The fraction of sp³-hybridized carbons (Fsp3) is 0.405. The summed E-state index contributed by atoms with van der Waals surface area (Å²) in [5.41, 5.74) is -2.68. The molecule has 3 fully saturated rings. The Labute approximate surface area is 331 Å². The normalized spacial score (nSPS) is 20.4. The molecule has 3 aliphatic rings. The summed E-state index contributed by atoms with van der Waals surface area (Å²) in [4.78, 5) is 60.8. The van der Waals surface area contributed by atoms with E-state index in [1.165, 1.54) is 6.07 Å². The second kappa shape index (κ2) is 16.6. The van der Waals surface area contributed by atoms with Gasteiger partial charge in [0, 0.05) is 61.2 Å². The molecule has 4 amide bonds. The molecule has 3 saturated heterocycles. The second-order valence-corrected chi connectivity index (χ2v) is 14.9. The minimum absolute atomic E-state index is 0.129. The van der Waals surface area contributed by atoms with Crippen LogP contribution in [0.25, 0.3) is 0 Å². The molecule has 0 aliphatic carbocycles. The third-order valence-electron chi connectivity index (χ3n) is 9.75. The molecule has 2 atom stereocenters. The van der Waals surface area contributed by atoms with E-state index in [-0.39, 0.29) is 30.5 Å². The zero-order valence-electron chi connectivity index (χ0n) is 30.4. The number of pyridine rings is 1. The molecule has 0 radical (unpaired) electrons. The Hall–Kier alpha value is -5.09. The van der Waals surface area contributed by atoms with Crippen LogP contribution in [-0.2, 0) is 25.4 Å². The Balaban J connectivity index is 0.961. The van der Waals surface area contributed by atoms with Gasteiger partial charge in [-0.2, -0.15) is 18.4 Å². The largest absolute Gasteiger partial charge is 0.492 e. The fourth-order valence-electron chi connectivity index (χ4n) is 6.85. The van der Waals surface area contributed by atoms with E-state index in [1.54, 1.807) is 61.2 Å². The topological polar surface area (TPSA) is 163 Å². The van der Waals surface area contributed by atoms with Crippen molar-refractivity contribution >= 4 is 70.6 Å². The summed E-state index contributed by atoms with van der Waals surface area (Å²) >= 11 is 10.9. The van der Waals surface area contributed by atoms with Gasteiger partial charge in [-0.3, -0.25) is 39.2 Å². The van der Waals surface area contributed by atoms with E-state index in [1.807, 2.05) is 4.90 Å². The predicted molar refractivity (Wildman–Crippen MR) is 205 cm³/mol. The number of halogens is 4. The van der Waals surface area contributed by atoms with Crippen LogP contribution in [0, 0.1) is 11.3 Å². The number of hydrogen-bond donors (Lipinski definition) is 4. The number of benzene rings is 2. The number of aromatic nitrogens is 1. The first-order chi connectivity index (χ1) is 26.5. The molecule has 296 valence electrons. The highest BCUT2D eigenvalue weighted by Gasteiger charge is 2.52. The Morgan fingerprint density at radius 2 is 1.73 bits per heavy atom. The van der Waals surface area contributed by atoms with E-state index >= 15 is 0 Å². The number of rotatable bonds is 11. The van der Waals surface area contributed by atoms with E-state index in [0.29, 0.717) is 60.5 Å². The Morgan fingerprint density at radius 3 is 2.39 bits per heavy atom. The van der Waals surface area contributed by atoms with Crippen LogP contribution in [0.1, 0.15) is 37.9 Å². The van der Waals surface area contributed by atoms with E-state index < -0.39 is 46.3 Å². The maximum Gasteiger partial charge on any atom is 0.419 e. The average molecular weight is 814 g/mol. The number of piperazine rings is 1. The lowest BCUT2D eigenvalue weighted by molar-refractivity contribution is -0.138. The maximum atomic E-state index is 13.7. The number of hydrogen-bond acceptors (Lipinski definition) is 12. The minimum atomic E-state index is -4.84. The van der Waals surface area contributed by atoms with Crippen molar-refractivity contribution in [3.63, 3.8) is 0 Å². The molecule has 3 aromatic rings. The van der Waals surface area contributed by atoms with Crippen molar-refractivity contribution in [3.05, 3.63) is 71.0 Å². The molecular formula is C37H39ClF3N9O5S. The van der Waals surface area contributed by atoms with Gasteiger partial charge in [0.15, 0.2) is 11.2 Å². The molecule has 1 aromatic heterocycles. The van der Waals surface area contributed by atoms with Gasteiger partial charge in [0.05, 0.1) is 24.0 Å². The van der Waals surface area contributed by atoms with Crippen LogP contribution in [0.5, 0.6) is 5.75 Å². The fourth-order valence-corrected chi connectivity index (χ4v) is 7.75. The Kier molecular flexibility index (Phi) is 12.0. The summed E-state index contributed by atoms with van der Waals surface area (Å²) in [7, 11) is 0. The number of anilines is 4. The summed E-state index contributed by atoms with van der Waals surface area (Å²) < 4.78 is 46.9. The average Bonchev–Trinajstić information content (AvgIpc) is 3.31. The number of nitrogens with one attached hydrogen (secondary N) is 3. The maximum absolute atomic E-state index is 13.7. The van der Waals surface area contributed by atoms with Gasteiger partial charge in [-0.25, -0.2) is 4.98 Å². The van der Waals surface area contributed by atoms with Crippen molar-refractivity contribution in [2.24, 2.45) is 0 Å². The monoisotopic (exact) mass is 813 g/mol. The zero-order valence-corrected chi connectivity index (χ0v) is 32.0. The van der Waals surface area contributed by atoms with Crippen LogP contribution in [-0.4, -0.2) is 101 Å². The standard InChI is InChI=1S/C37H39ClF3N9O5S/c1-36(2)34(54)49(26-18-28(37(39,40)41)30(19-42)43-20-26)35(56)50(36)25-3-5-27(6-4-25)55-14-13-47-9-11-48(12-10-47)21-32(52)45-24-16-22(38)15-23(17-24)44-29-7-8-31(51)46-33(29)53/h3-6,15-18,20,29,35,44,56H,7-14,21H2,1-2H3,(H,45,52)(H,46,51,53). The first-order valence-corrected chi connectivity index (χ1v) is 18.6. The van der Waals surface area contributed by atoms with Gasteiger partial charge in [0.1, 0.15) is 30.0 Å². The van der Waals surface area contributed by atoms with Crippen molar-refractivity contribution in [1.29, 1.82) is 5.26 Å². The van der Waals surface area contributed by atoms with Crippen molar-refractivity contribution in [2.45, 2.75) is 49.9 Å². The van der Waals surface area contributed by atoms with Crippen LogP contribution >= 0.6 is 24.2 Å². The van der Waals surface area contributed by atoms with Gasteiger partial charge < -0.3 is 20.3 Å². The van der Waals surface area contributed by atoms with Crippen molar-refractivity contribution in [1.82, 2.24) is 20.1 Å².